The van der Waals surface area contributed by atoms with E-state index in [1.807, 2.05) is 11.6 Å². The van der Waals surface area contributed by atoms with E-state index < -0.39 is 15.9 Å². The highest BCUT2D eigenvalue weighted by Gasteiger charge is 2.26. The van der Waals surface area contributed by atoms with Crippen LogP contribution in [0.15, 0.2) is 0 Å². The van der Waals surface area contributed by atoms with Gasteiger partial charge in [0.1, 0.15) is 0 Å². The highest BCUT2D eigenvalue weighted by Crippen LogP contribution is 2.11. The molecule has 0 aromatic heterocycles. The van der Waals surface area contributed by atoms with E-state index in [4.69, 9.17) is 4.74 Å². The first kappa shape index (κ1) is 15.4. The summed E-state index contributed by atoms with van der Waals surface area (Å²) in [5.74, 6) is -0.454. The molecule has 1 N–H and O–H groups in total. The highest BCUT2D eigenvalue weighted by atomic mass is 32.2. The summed E-state index contributed by atoms with van der Waals surface area (Å²) in [4.78, 5) is 13.1. The van der Waals surface area contributed by atoms with E-state index in [0.717, 1.165) is 26.2 Å². The van der Waals surface area contributed by atoms with Crippen molar-refractivity contribution in [3.05, 3.63) is 0 Å². The van der Waals surface area contributed by atoms with E-state index in [1.165, 1.54) is 0 Å². The van der Waals surface area contributed by atoms with Gasteiger partial charge in [0.15, 0.2) is 0 Å². The van der Waals surface area contributed by atoms with Crippen molar-refractivity contribution in [3.8, 4) is 0 Å². The second kappa shape index (κ2) is 7.06. The van der Waals surface area contributed by atoms with Crippen LogP contribution >= 0.6 is 0 Å². The number of nitrogens with zero attached hydrogens (tertiary/aromatic N) is 1. The Balaban J connectivity index is 0.00000324. The Bertz CT molecular complexity index is 369. The van der Waals surface area contributed by atoms with Gasteiger partial charge in [0, 0.05) is 27.5 Å². The second-order valence-corrected chi connectivity index (χ2v) is 6.23. The second-order valence-electron chi connectivity index (χ2n) is 4.39. The van der Waals surface area contributed by atoms with Crippen LogP contribution in [0.1, 0.15) is 28.1 Å². The third-order valence-corrected chi connectivity index (χ3v) is 4.17. The molecule has 0 unspecified atom stereocenters. The first-order chi connectivity index (χ1) is 8.46. The molecule has 108 valence electrons. The van der Waals surface area contributed by atoms with Gasteiger partial charge >= 0.3 is 0 Å². The molecule has 1 amide bonds. The summed E-state index contributed by atoms with van der Waals surface area (Å²) in [5, 5.41) is 0. The van der Waals surface area contributed by atoms with E-state index >= 15 is 0 Å². The first-order valence-corrected chi connectivity index (χ1v) is 7.99. The van der Waals surface area contributed by atoms with Crippen molar-refractivity contribution in [2.75, 3.05) is 32.0 Å². The Morgan fingerprint density at radius 2 is 2.11 bits per heavy atom. The average molecular weight is 280 g/mol. The van der Waals surface area contributed by atoms with Crippen LogP contribution in [0.4, 0.5) is 0 Å². The SMILES string of the molecule is CCOC1CN(CCCS(=O)(=O)NC(=O)CC)C1.[HH]. The van der Waals surface area contributed by atoms with Crippen molar-refractivity contribution in [1.82, 2.24) is 9.62 Å². The van der Waals surface area contributed by atoms with Crippen molar-refractivity contribution in [2.45, 2.75) is 32.8 Å². The van der Waals surface area contributed by atoms with Crippen LogP contribution in [0.2, 0.25) is 0 Å². The fraction of sp³-hybridized carbons (Fsp3) is 0.909. The minimum atomic E-state index is -3.45. The molecule has 1 aliphatic heterocycles. The number of hydrogen-bond acceptors (Lipinski definition) is 5. The Morgan fingerprint density at radius 3 is 2.67 bits per heavy atom. The number of hydrogen-bond donors (Lipinski definition) is 1. The molecule has 1 heterocycles. The Kier molecular flexibility index (Phi) is 6.04. The molecule has 1 fully saturated rings. The molecule has 0 atom stereocenters. The van der Waals surface area contributed by atoms with Crippen molar-refractivity contribution in [2.24, 2.45) is 0 Å². The molecule has 18 heavy (non-hydrogen) atoms. The van der Waals surface area contributed by atoms with E-state index in [2.05, 4.69) is 4.90 Å². The van der Waals surface area contributed by atoms with E-state index in [-0.39, 0.29) is 13.6 Å². The molecule has 0 saturated carbocycles. The zero-order chi connectivity index (χ0) is 13.6. The lowest BCUT2D eigenvalue weighted by Gasteiger charge is -2.38. The van der Waals surface area contributed by atoms with Gasteiger partial charge in [-0.2, -0.15) is 0 Å². The minimum Gasteiger partial charge on any atom is -0.376 e. The highest BCUT2D eigenvalue weighted by molar-refractivity contribution is 7.90. The van der Waals surface area contributed by atoms with Gasteiger partial charge in [0.25, 0.3) is 0 Å². The van der Waals surface area contributed by atoms with Gasteiger partial charge in [-0.1, -0.05) is 6.92 Å². The van der Waals surface area contributed by atoms with Crippen molar-refractivity contribution in [1.29, 1.82) is 0 Å². The van der Waals surface area contributed by atoms with Gasteiger partial charge in [0.05, 0.1) is 11.9 Å². The quantitative estimate of drug-likeness (QED) is 0.687. The molecular weight excluding hydrogens is 256 g/mol. The lowest BCUT2D eigenvalue weighted by Crippen LogP contribution is -2.52. The summed E-state index contributed by atoms with van der Waals surface area (Å²) in [6.45, 7) is 6.77. The third-order valence-electron chi connectivity index (χ3n) is 2.80. The van der Waals surface area contributed by atoms with Gasteiger partial charge in [-0.15, -0.1) is 0 Å². The van der Waals surface area contributed by atoms with Gasteiger partial charge in [-0.3, -0.25) is 14.4 Å². The number of sulfonamides is 1. The molecule has 0 aliphatic carbocycles. The lowest BCUT2D eigenvalue weighted by atomic mass is 10.1. The summed E-state index contributed by atoms with van der Waals surface area (Å²) < 4.78 is 30.4. The van der Waals surface area contributed by atoms with E-state index in [0.29, 0.717) is 12.5 Å². The summed E-state index contributed by atoms with van der Waals surface area (Å²) in [7, 11) is -3.45. The average Bonchev–Trinajstić information content (AvgIpc) is 2.24. The molecule has 7 heteroatoms. The molecule has 1 saturated heterocycles. The van der Waals surface area contributed by atoms with Crippen molar-refractivity contribution < 1.29 is 19.4 Å². The predicted molar refractivity (Wildman–Crippen MR) is 70.8 cm³/mol. The molecule has 0 radical (unpaired) electrons. The van der Waals surface area contributed by atoms with Crippen LogP contribution in [-0.2, 0) is 19.6 Å². The molecule has 0 bridgehead atoms. The normalized spacial score (nSPS) is 17.4. The van der Waals surface area contributed by atoms with Gasteiger partial charge in [0.2, 0.25) is 15.9 Å². The van der Waals surface area contributed by atoms with E-state index in [9.17, 15) is 13.2 Å². The molecule has 0 aromatic rings. The maximum atomic E-state index is 11.5. The molecular formula is C11H24N2O4S. The Hall–Kier alpha value is -0.660. The smallest absolute Gasteiger partial charge is 0.234 e. The van der Waals surface area contributed by atoms with Crippen LogP contribution in [0, 0.1) is 0 Å². The lowest BCUT2D eigenvalue weighted by molar-refractivity contribution is -0.119. The van der Waals surface area contributed by atoms with Gasteiger partial charge < -0.3 is 4.74 Å². The Labute approximate surface area is 110 Å². The monoisotopic (exact) mass is 280 g/mol. The zero-order valence-electron chi connectivity index (χ0n) is 11.0. The van der Waals surface area contributed by atoms with E-state index in [1.54, 1.807) is 6.92 Å². The number of carbonyl (C=O) groups excluding carboxylic acids is 1. The zero-order valence-corrected chi connectivity index (χ0v) is 11.8. The number of nitrogens with one attached hydrogen (secondary N) is 1. The molecule has 6 nitrogen and oxygen atoms in total. The third kappa shape index (κ3) is 5.32. The topological polar surface area (TPSA) is 75.7 Å². The maximum absolute atomic E-state index is 11.5. The molecule has 0 aromatic carbocycles. The predicted octanol–water partition coefficient (Wildman–Crippen LogP) is 0.199. The van der Waals surface area contributed by atoms with Crippen molar-refractivity contribution >= 4 is 15.9 Å². The summed E-state index contributed by atoms with van der Waals surface area (Å²) in [6.07, 6.45) is 1.01. The summed E-state index contributed by atoms with van der Waals surface area (Å²) >= 11 is 0. The fourth-order valence-electron chi connectivity index (χ4n) is 1.82. The molecule has 1 aliphatic rings. The summed E-state index contributed by atoms with van der Waals surface area (Å²) in [5.41, 5.74) is 0. The number of ether oxygens (including phenoxy) is 1. The number of carbonyl (C=O) groups is 1. The first-order valence-electron chi connectivity index (χ1n) is 6.34. The summed E-state index contributed by atoms with van der Waals surface area (Å²) in [6, 6.07) is 0. The number of rotatable bonds is 8. The van der Waals surface area contributed by atoms with Crippen LogP contribution in [0.25, 0.3) is 0 Å². The van der Waals surface area contributed by atoms with Gasteiger partial charge in [-0.25, -0.2) is 8.42 Å². The number of amides is 1. The Morgan fingerprint density at radius 1 is 1.44 bits per heavy atom. The van der Waals surface area contributed by atoms with Crippen LogP contribution in [-0.4, -0.2) is 57.3 Å². The number of likely N-dealkylation sites (tertiary alicyclic amines) is 1. The molecule has 0 spiro atoms. The largest absolute Gasteiger partial charge is 0.376 e. The van der Waals surface area contributed by atoms with Crippen LogP contribution in [0.3, 0.4) is 0 Å². The standard InChI is InChI=1S/C11H22N2O4S.H2/c1-3-11(14)12-18(15,16)7-5-6-13-8-10(9-13)17-4-2;/h10H,3-9H2,1-2H3,(H,12,14);1H. The van der Waals surface area contributed by atoms with Crippen molar-refractivity contribution in [3.63, 3.8) is 0 Å². The minimum absolute atomic E-state index is 0. The fourth-order valence-corrected chi connectivity index (χ4v) is 2.92. The van der Waals surface area contributed by atoms with Crippen LogP contribution in [0.5, 0.6) is 0 Å². The molecule has 1 rings (SSSR count). The van der Waals surface area contributed by atoms with Crippen LogP contribution < -0.4 is 4.72 Å². The maximum Gasteiger partial charge on any atom is 0.234 e. The van der Waals surface area contributed by atoms with Gasteiger partial charge in [-0.05, 0) is 19.9 Å².